The van der Waals surface area contributed by atoms with Gasteiger partial charge in [0.2, 0.25) is 5.91 Å². The van der Waals surface area contributed by atoms with Crippen LogP contribution >= 0.6 is 0 Å². The van der Waals surface area contributed by atoms with E-state index in [0.29, 0.717) is 29.1 Å². The summed E-state index contributed by atoms with van der Waals surface area (Å²) in [6, 6.07) is 1.88. The number of hydrogen-bond donors (Lipinski definition) is 3. The van der Waals surface area contributed by atoms with Gasteiger partial charge < -0.3 is 15.7 Å². The molecular weight excluding hydrogens is 420 g/mol. The minimum atomic E-state index is -0.581. The molecule has 4 fully saturated rings. The maximum absolute atomic E-state index is 13.4. The molecule has 2 aromatic heterocycles. The Labute approximate surface area is 193 Å². The molecule has 33 heavy (non-hydrogen) atoms. The maximum atomic E-state index is 13.4. The van der Waals surface area contributed by atoms with Crippen LogP contribution in [0.25, 0.3) is 12.0 Å². The fourth-order valence-corrected chi connectivity index (χ4v) is 6.45. The van der Waals surface area contributed by atoms with Crippen LogP contribution in [0.1, 0.15) is 63.2 Å². The Balaban J connectivity index is 1.40. The molecule has 0 aromatic carbocycles. The average molecular weight is 453 g/mol. The first-order chi connectivity index (χ1) is 15.6. The van der Waals surface area contributed by atoms with Crippen LogP contribution in [0, 0.1) is 17.8 Å². The van der Waals surface area contributed by atoms with Crippen LogP contribution in [0.2, 0.25) is 0 Å². The Morgan fingerprint density at radius 2 is 1.94 bits per heavy atom. The molecule has 2 unspecified atom stereocenters. The minimum Gasteiger partial charge on any atom is -0.390 e. The fourth-order valence-electron chi connectivity index (χ4n) is 6.45. The molecule has 9 heteroatoms. The minimum absolute atomic E-state index is 0.0809. The number of amides is 2. The molecule has 0 aliphatic heterocycles. The summed E-state index contributed by atoms with van der Waals surface area (Å²) in [4.78, 5) is 24.9. The third-order valence-electron chi connectivity index (χ3n) is 7.40. The first kappa shape index (κ1) is 21.9. The van der Waals surface area contributed by atoms with E-state index < -0.39 is 11.1 Å². The summed E-state index contributed by atoms with van der Waals surface area (Å²) in [7, 11) is 0. The van der Waals surface area contributed by atoms with Gasteiger partial charge in [0.1, 0.15) is 5.56 Å². The normalized spacial score (nSPS) is 30.7. The Kier molecular flexibility index (Phi) is 5.19. The Morgan fingerprint density at radius 1 is 1.21 bits per heavy atom. The third kappa shape index (κ3) is 4.21. The molecular formula is C24H32N6O3. The van der Waals surface area contributed by atoms with Crippen LogP contribution in [-0.4, -0.2) is 53.7 Å². The van der Waals surface area contributed by atoms with Gasteiger partial charge in [-0.05, 0) is 75.8 Å². The highest BCUT2D eigenvalue weighted by atomic mass is 16.3. The SMILES string of the molecule is CC(=O)NC(C)(C)/C=C/n1ncc(C(=O)NC2C3CC4CC2CC(O)(C4)C3)c1-n1cccn1. The molecule has 0 spiro atoms. The van der Waals surface area contributed by atoms with Crippen molar-refractivity contribution in [1.82, 2.24) is 30.2 Å². The number of aromatic nitrogens is 4. The topological polar surface area (TPSA) is 114 Å². The number of nitrogens with one attached hydrogen (secondary N) is 2. The first-order valence-electron chi connectivity index (χ1n) is 11.7. The number of aliphatic hydroxyl groups is 1. The molecule has 2 heterocycles. The van der Waals surface area contributed by atoms with Crippen molar-refractivity contribution in [1.29, 1.82) is 0 Å². The number of carbonyl (C=O) groups is 2. The number of rotatable bonds is 6. The Bertz CT molecular complexity index is 1070. The quantitative estimate of drug-likeness (QED) is 0.621. The molecule has 2 aromatic rings. The molecule has 4 aliphatic rings. The fraction of sp³-hybridized carbons (Fsp3) is 0.583. The van der Waals surface area contributed by atoms with Crippen LogP contribution in [0.4, 0.5) is 0 Å². The highest BCUT2D eigenvalue weighted by molar-refractivity contribution is 5.97. The molecule has 3 N–H and O–H groups in total. The first-order valence-corrected chi connectivity index (χ1v) is 11.7. The predicted molar refractivity (Wildman–Crippen MR) is 122 cm³/mol. The zero-order chi connectivity index (χ0) is 23.4. The van der Waals surface area contributed by atoms with E-state index in [2.05, 4.69) is 20.8 Å². The molecule has 4 bridgehead atoms. The van der Waals surface area contributed by atoms with E-state index >= 15 is 0 Å². The second kappa shape index (κ2) is 7.83. The van der Waals surface area contributed by atoms with Gasteiger partial charge >= 0.3 is 0 Å². The molecule has 2 atom stereocenters. The summed E-state index contributed by atoms with van der Waals surface area (Å²) < 4.78 is 3.22. The zero-order valence-electron chi connectivity index (χ0n) is 19.4. The largest absolute Gasteiger partial charge is 0.390 e. The van der Waals surface area contributed by atoms with Crippen molar-refractivity contribution in [3.05, 3.63) is 36.3 Å². The zero-order valence-corrected chi connectivity index (χ0v) is 19.4. The lowest BCUT2D eigenvalue weighted by molar-refractivity contribution is -0.136. The Morgan fingerprint density at radius 3 is 2.55 bits per heavy atom. The summed E-state index contributed by atoms with van der Waals surface area (Å²) >= 11 is 0. The number of hydrogen-bond acceptors (Lipinski definition) is 5. The van der Waals surface area contributed by atoms with Gasteiger partial charge in [0.15, 0.2) is 5.82 Å². The van der Waals surface area contributed by atoms with E-state index in [0.717, 1.165) is 32.1 Å². The van der Waals surface area contributed by atoms with Crippen LogP contribution < -0.4 is 10.6 Å². The lowest BCUT2D eigenvalue weighted by Crippen LogP contribution is -2.61. The van der Waals surface area contributed by atoms with Gasteiger partial charge in [0.05, 0.1) is 17.3 Å². The summed E-state index contributed by atoms with van der Waals surface area (Å²) in [5, 5.41) is 25.8. The van der Waals surface area contributed by atoms with E-state index in [1.54, 1.807) is 40.2 Å². The van der Waals surface area contributed by atoms with E-state index in [4.69, 9.17) is 0 Å². The van der Waals surface area contributed by atoms with E-state index in [1.807, 2.05) is 19.9 Å². The van der Waals surface area contributed by atoms with Crippen molar-refractivity contribution < 1.29 is 14.7 Å². The van der Waals surface area contributed by atoms with Gasteiger partial charge in [-0.15, -0.1) is 0 Å². The molecule has 176 valence electrons. The van der Waals surface area contributed by atoms with Crippen molar-refractivity contribution in [3.63, 3.8) is 0 Å². The average Bonchev–Trinajstić information content (AvgIpc) is 3.36. The second-order valence-electron chi connectivity index (χ2n) is 10.7. The summed E-state index contributed by atoms with van der Waals surface area (Å²) in [6.07, 6.45) is 13.2. The Hall–Kier alpha value is -2.94. The summed E-state index contributed by atoms with van der Waals surface area (Å²) in [5.74, 6) is 1.47. The molecule has 0 radical (unpaired) electrons. The van der Waals surface area contributed by atoms with Crippen molar-refractivity contribution >= 4 is 18.0 Å². The van der Waals surface area contributed by atoms with E-state index in [-0.39, 0.29) is 17.9 Å². The van der Waals surface area contributed by atoms with Crippen LogP contribution in [0.3, 0.4) is 0 Å². The maximum Gasteiger partial charge on any atom is 0.257 e. The molecule has 6 rings (SSSR count). The molecule has 4 saturated carbocycles. The highest BCUT2D eigenvalue weighted by Gasteiger charge is 2.55. The van der Waals surface area contributed by atoms with Crippen LogP contribution in [-0.2, 0) is 4.79 Å². The molecule has 0 saturated heterocycles. The lowest BCUT2D eigenvalue weighted by Gasteiger charge is -2.58. The standard InChI is InChI=1S/C24H32N6O3/c1-15(31)28-23(2,3)5-8-30-22(29-7-4-6-25-29)19(14-26-30)21(32)27-20-17-9-16-10-18(20)13-24(33,11-16)12-17/h4-8,14,16-18,20,33H,9-13H2,1-3H3,(H,27,32)(H,28,31)/b8-5+. The van der Waals surface area contributed by atoms with Gasteiger partial charge in [-0.1, -0.05) is 0 Å². The van der Waals surface area contributed by atoms with E-state index in [1.165, 1.54) is 6.92 Å². The van der Waals surface area contributed by atoms with Crippen molar-refractivity contribution in [2.24, 2.45) is 17.8 Å². The molecule has 4 aliphatic carbocycles. The third-order valence-corrected chi connectivity index (χ3v) is 7.40. The van der Waals surface area contributed by atoms with Crippen molar-refractivity contribution in [2.45, 2.75) is 70.1 Å². The van der Waals surface area contributed by atoms with Crippen molar-refractivity contribution in [3.8, 4) is 5.82 Å². The smallest absolute Gasteiger partial charge is 0.257 e. The van der Waals surface area contributed by atoms with Gasteiger partial charge in [-0.2, -0.15) is 10.2 Å². The van der Waals surface area contributed by atoms with Gasteiger partial charge in [0, 0.05) is 31.6 Å². The van der Waals surface area contributed by atoms with Gasteiger partial charge in [-0.3, -0.25) is 9.59 Å². The number of nitrogens with zero attached hydrogens (tertiary/aromatic N) is 4. The molecule has 9 nitrogen and oxygen atoms in total. The highest BCUT2D eigenvalue weighted by Crippen LogP contribution is 2.55. The van der Waals surface area contributed by atoms with E-state index in [9.17, 15) is 14.7 Å². The number of carbonyl (C=O) groups excluding carboxylic acids is 2. The molecule has 2 amide bonds. The monoisotopic (exact) mass is 452 g/mol. The van der Waals surface area contributed by atoms with Gasteiger partial charge in [0.25, 0.3) is 5.91 Å². The van der Waals surface area contributed by atoms with Gasteiger partial charge in [-0.25, -0.2) is 9.36 Å². The summed E-state index contributed by atoms with van der Waals surface area (Å²) in [5.41, 5.74) is -0.676. The predicted octanol–water partition coefficient (Wildman–Crippen LogP) is 2.12. The second-order valence-corrected chi connectivity index (χ2v) is 10.7. The van der Waals surface area contributed by atoms with Crippen LogP contribution in [0.5, 0.6) is 0 Å². The van der Waals surface area contributed by atoms with Crippen LogP contribution in [0.15, 0.2) is 30.7 Å². The lowest BCUT2D eigenvalue weighted by atomic mass is 9.52. The van der Waals surface area contributed by atoms with Crippen molar-refractivity contribution in [2.75, 3.05) is 0 Å². The summed E-state index contributed by atoms with van der Waals surface area (Å²) in [6.45, 7) is 5.25.